The maximum Gasteiger partial charge on any atom is 0.262 e. The number of aromatic nitrogens is 2. The molecule has 6 heteroatoms. The zero-order chi connectivity index (χ0) is 17.9. The number of imidazole rings is 1. The molecule has 1 N–H and O–H groups in total. The number of hydrogen-bond acceptors (Lipinski definition) is 4. The van der Waals surface area contributed by atoms with Gasteiger partial charge in [-0.05, 0) is 36.8 Å². The molecule has 0 saturated heterocycles. The Kier molecular flexibility index (Phi) is 4.41. The molecule has 1 amide bonds. The number of anilines is 1. The van der Waals surface area contributed by atoms with Gasteiger partial charge in [0.15, 0.2) is 11.6 Å². The minimum absolute atomic E-state index is 0.0338. The molecule has 2 heterocycles. The highest BCUT2D eigenvalue weighted by atomic mass is 32.1. The lowest BCUT2D eigenvalue weighted by molar-refractivity contribution is -0.118. The number of fused-ring (bicyclic) bond motifs is 1. The third-order valence-corrected chi connectivity index (χ3v) is 4.67. The molecular weight excluding hydrogens is 346 g/mol. The van der Waals surface area contributed by atoms with Crippen molar-refractivity contribution in [3.63, 3.8) is 0 Å². The summed E-state index contributed by atoms with van der Waals surface area (Å²) >= 11 is 1.59. The number of carbonyl (C=O) groups is 1. The van der Waals surface area contributed by atoms with Gasteiger partial charge in [-0.15, -0.1) is 11.3 Å². The summed E-state index contributed by atoms with van der Waals surface area (Å²) < 4.78 is 7.53. The molecule has 0 saturated carbocycles. The maximum absolute atomic E-state index is 12.2. The molecule has 2 aromatic heterocycles. The number of hydrogen-bond donors (Lipinski definition) is 1. The van der Waals surface area contributed by atoms with Gasteiger partial charge in [0.25, 0.3) is 5.91 Å². The zero-order valence-corrected chi connectivity index (χ0v) is 15.0. The summed E-state index contributed by atoms with van der Waals surface area (Å²) in [4.78, 5) is 17.7. The fraction of sp³-hybridized carbons (Fsp3) is 0.100. The van der Waals surface area contributed by atoms with E-state index < -0.39 is 0 Å². The van der Waals surface area contributed by atoms with Gasteiger partial charge in [0.2, 0.25) is 0 Å². The van der Waals surface area contributed by atoms with Crippen molar-refractivity contribution < 1.29 is 9.53 Å². The molecule has 5 nitrogen and oxygen atoms in total. The minimum Gasteiger partial charge on any atom is -0.484 e. The second kappa shape index (κ2) is 7.01. The molecule has 0 fully saturated rings. The molecule has 0 atom stereocenters. The van der Waals surface area contributed by atoms with Crippen molar-refractivity contribution in [1.29, 1.82) is 0 Å². The van der Waals surface area contributed by atoms with Crippen LogP contribution in [0.2, 0.25) is 0 Å². The SMILES string of the molecule is Cc1cccc(OCC(=O)Nc2cccc(-c3cn4ccsc4n3)c2)c1. The van der Waals surface area contributed by atoms with Crippen LogP contribution in [0.1, 0.15) is 5.56 Å². The van der Waals surface area contributed by atoms with E-state index in [-0.39, 0.29) is 12.5 Å². The first-order valence-corrected chi connectivity index (χ1v) is 9.07. The summed E-state index contributed by atoms with van der Waals surface area (Å²) in [6, 6.07) is 15.3. The Hall–Kier alpha value is -3.12. The van der Waals surface area contributed by atoms with Crippen LogP contribution < -0.4 is 10.1 Å². The Labute approximate surface area is 154 Å². The molecule has 0 aliphatic rings. The molecule has 4 aromatic rings. The Morgan fingerprint density at radius 3 is 2.96 bits per heavy atom. The van der Waals surface area contributed by atoms with Crippen molar-refractivity contribution in [3.8, 4) is 17.0 Å². The Morgan fingerprint density at radius 2 is 2.12 bits per heavy atom. The predicted molar refractivity (Wildman–Crippen MR) is 104 cm³/mol. The summed E-state index contributed by atoms with van der Waals surface area (Å²) in [6.45, 7) is 1.95. The third-order valence-electron chi connectivity index (χ3n) is 3.89. The molecule has 0 aliphatic heterocycles. The summed E-state index contributed by atoms with van der Waals surface area (Å²) in [5.41, 5.74) is 3.65. The number of benzene rings is 2. The van der Waals surface area contributed by atoms with Gasteiger partial charge in [-0.1, -0.05) is 24.3 Å². The first-order chi connectivity index (χ1) is 12.7. The quantitative estimate of drug-likeness (QED) is 0.572. The van der Waals surface area contributed by atoms with Crippen LogP contribution in [0, 0.1) is 6.92 Å². The van der Waals surface area contributed by atoms with E-state index >= 15 is 0 Å². The molecule has 0 unspecified atom stereocenters. The van der Waals surface area contributed by atoms with E-state index in [2.05, 4.69) is 10.3 Å². The fourth-order valence-electron chi connectivity index (χ4n) is 2.67. The van der Waals surface area contributed by atoms with Gasteiger partial charge < -0.3 is 10.1 Å². The van der Waals surface area contributed by atoms with E-state index in [9.17, 15) is 4.79 Å². The highest BCUT2D eigenvalue weighted by Gasteiger charge is 2.08. The lowest BCUT2D eigenvalue weighted by atomic mass is 10.1. The van der Waals surface area contributed by atoms with Crippen LogP contribution in [-0.4, -0.2) is 21.9 Å². The number of thiazole rings is 1. The van der Waals surface area contributed by atoms with Gasteiger partial charge in [-0.25, -0.2) is 4.98 Å². The van der Waals surface area contributed by atoms with Crippen molar-refractivity contribution in [2.45, 2.75) is 6.92 Å². The molecular formula is C20H17N3O2S. The number of nitrogens with zero attached hydrogens (tertiary/aromatic N) is 2. The number of amides is 1. The standard InChI is InChI=1S/C20H17N3O2S/c1-14-4-2-7-17(10-14)25-13-19(24)21-16-6-3-5-15(11-16)18-12-23-8-9-26-20(23)22-18/h2-12H,13H2,1H3,(H,21,24). The summed E-state index contributed by atoms with van der Waals surface area (Å²) in [7, 11) is 0. The zero-order valence-electron chi connectivity index (χ0n) is 14.2. The van der Waals surface area contributed by atoms with Crippen LogP contribution in [-0.2, 0) is 4.79 Å². The predicted octanol–water partition coefficient (Wildman–Crippen LogP) is 4.39. The molecule has 0 aliphatic carbocycles. The number of rotatable bonds is 5. The van der Waals surface area contributed by atoms with E-state index in [0.29, 0.717) is 5.75 Å². The lowest BCUT2D eigenvalue weighted by Crippen LogP contribution is -2.20. The first kappa shape index (κ1) is 16.4. The first-order valence-electron chi connectivity index (χ1n) is 8.19. The second-order valence-corrected chi connectivity index (χ2v) is 6.83. The van der Waals surface area contributed by atoms with Gasteiger partial charge >= 0.3 is 0 Å². The highest BCUT2D eigenvalue weighted by molar-refractivity contribution is 7.15. The summed E-state index contributed by atoms with van der Waals surface area (Å²) in [6.07, 6.45) is 3.96. The molecule has 0 spiro atoms. The van der Waals surface area contributed by atoms with Gasteiger partial charge in [0, 0.05) is 29.0 Å². The summed E-state index contributed by atoms with van der Waals surface area (Å²) in [5.74, 6) is 0.487. The molecule has 2 aromatic carbocycles. The number of ether oxygens (including phenoxy) is 1. The Balaban J connectivity index is 1.43. The van der Waals surface area contributed by atoms with Crippen LogP contribution in [0.5, 0.6) is 5.75 Å². The van der Waals surface area contributed by atoms with Crippen LogP contribution >= 0.6 is 11.3 Å². The van der Waals surface area contributed by atoms with E-state index in [4.69, 9.17) is 4.74 Å². The fourth-order valence-corrected chi connectivity index (χ4v) is 3.37. The average Bonchev–Trinajstić information content (AvgIpc) is 3.22. The minimum atomic E-state index is -0.200. The highest BCUT2D eigenvalue weighted by Crippen LogP contribution is 2.24. The van der Waals surface area contributed by atoms with Crippen molar-refractivity contribution in [3.05, 3.63) is 71.9 Å². The normalized spacial score (nSPS) is 10.8. The van der Waals surface area contributed by atoms with Crippen LogP contribution in [0.25, 0.3) is 16.2 Å². The van der Waals surface area contributed by atoms with Crippen LogP contribution in [0.3, 0.4) is 0 Å². The Bertz CT molecular complexity index is 1040. The molecule has 130 valence electrons. The maximum atomic E-state index is 12.2. The number of aryl methyl sites for hydroxylation is 1. The van der Waals surface area contributed by atoms with E-state index in [0.717, 1.165) is 27.5 Å². The number of nitrogens with one attached hydrogen (secondary N) is 1. The summed E-state index contributed by atoms with van der Waals surface area (Å²) in [5, 5.41) is 4.87. The third kappa shape index (κ3) is 3.60. The van der Waals surface area contributed by atoms with Crippen molar-refractivity contribution in [2.24, 2.45) is 0 Å². The van der Waals surface area contributed by atoms with Gasteiger partial charge in [-0.2, -0.15) is 0 Å². The smallest absolute Gasteiger partial charge is 0.262 e. The Morgan fingerprint density at radius 1 is 1.23 bits per heavy atom. The second-order valence-electron chi connectivity index (χ2n) is 5.95. The van der Waals surface area contributed by atoms with E-state index in [1.54, 1.807) is 11.3 Å². The lowest BCUT2D eigenvalue weighted by Gasteiger charge is -2.09. The van der Waals surface area contributed by atoms with Gasteiger partial charge in [0.1, 0.15) is 5.75 Å². The van der Waals surface area contributed by atoms with Gasteiger partial charge in [-0.3, -0.25) is 9.20 Å². The van der Waals surface area contributed by atoms with E-state index in [1.807, 2.05) is 77.6 Å². The molecule has 0 radical (unpaired) electrons. The number of carbonyl (C=O) groups excluding carboxylic acids is 1. The largest absolute Gasteiger partial charge is 0.484 e. The molecule has 0 bridgehead atoms. The average molecular weight is 363 g/mol. The van der Waals surface area contributed by atoms with Crippen LogP contribution in [0.15, 0.2) is 66.3 Å². The molecule has 26 heavy (non-hydrogen) atoms. The van der Waals surface area contributed by atoms with E-state index in [1.165, 1.54) is 0 Å². The molecule has 4 rings (SSSR count). The van der Waals surface area contributed by atoms with Crippen LogP contribution in [0.4, 0.5) is 5.69 Å². The van der Waals surface area contributed by atoms with Crippen molar-refractivity contribution in [2.75, 3.05) is 11.9 Å². The monoisotopic (exact) mass is 363 g/mol. The topological polar surface area (TPSA) is 55.6 Å². The van der Waals surface area contributed by atoms with Gasteiger partial charge in [0.05, 0.1) is 5.69 Å². The van der Waals surface area contributed by atoms with Crippen molar-refractivity contribution >= 4 is 27.9 Å². The van der Waals surface area contributed by atoms with Crippen molar-refractivity contribution in [1.82, 2.24) is 9.38 Å².